The molecule has 0 saturated carbocycles. The van der Waals surface area contributed by atoms with Gasteiger partial charge in [0.1, 0.15) is 0 Å². The Morgan fingerprint density at radius 2 is 2.15 bits per heavy atom. The molecule has 1 atom stereocenters. The number of nitrogens with zero attached hydrogens (tertiary/aromatic N) is 3. The van der Waals surface area contributed by atoms with Gasteiger partial charge in [0, 0.05) is 13.1 Å². The van der Waals surface area contributed by atoms with Gasteiger partial charge in [-0.2, -0.15) is 18.3 Å². The molecule has 0 spiro atoms. The number of amides is 1. The maximum atomic E-state index is 13.0. The van der Waals surface area contributed by atoms with Crippen LogP contribution in [0.4, 0.5) is 13.2 Å². The van der Waals surface area contributed by atoms with E-state index in [9.17, 15) is 18.0 Å². The highest BCUT2D eigenvalue weighted by Gasteiger charge is 2.31. The minimum absolute atomic E-state index is 0.119. The topological polar surface area (TPSA) is 50.2 Å². The first-order chi connectivity index (χ1) is 12.8. The summed E-state index contributed by atoms with van der Waals surface area (Å²) in [5.74, 6) is 0.290. The Morgan fingerprint density at radius 1 is 1.37 bits per heavy atom. The summed E-state index contributed by atoms with van der Waals surface area (Å²) in [6.45, 7) is 3.92. The third-order valence-electron chi connectivity index (χ3n) is 4.96. The summed E-state index contributed by atoms with van der Waals surface area (Å²) >= 11 is 0. The van der Waals surface area contributed by atoms with Crippen molar-refractivity contribution in [1.29, 1.82) is 0 Å². The molecule has 1 aliphatic rings. The summed E-state index contributed by atoms with van der Waals surface area (Å²) < 4.78 is 40.3. The summed E-state index contributed by atoms with van der Waals surface area (Å²) in [6, 6.07) is 4.95. The van der Waals surface area contributed by atoms with Crippen LogP contribution in [0.3, 0.4) is 0 Å². The summed E-state index contributed by atoms with van der Waals surface area (Å²) in [5, 5.41) is 7.31. The van der Waals surface area contributed by atoms with Gasteiger partial charge in [-0.25, -0.2) is 4.68 Å². The van der Waals surface area contributed by atoms with Crippen molar-refractivity contribution in [2.45, 2.75) is 25.9 Å². The monoisotopic (exact) mass is 380 g/mol. The number of hydrogen-bond acceptors (Lipinski definition) is 3. The van der Waals surface area contributed by atoms with E-state index in [2.05, 4.69) is 10.4 Å². The second-order valence-corrected chi connectivity index (χ2v) is 6.92. The van der Waals surface area contributed by atoms with Crippen molar-refractivity contribution in [1.82, 2.24) is 20.0 Å². The highest BCUT2D eigenvalue weighted by Crippen LogP contribution is 2.30. The van der Waals surface area contributed by atoms with Crippen LogP contribution in [0.1, 0.15) is 34.5 Å². The summed E-state index contributed by atoms with van der Waals surface area (Å²) in [6.07, 6.45) is -0.961. The number of piperidine rings is 1. The van der Waals surface area contributed by atoms with Gasteiger partial charge in [-0.3, -0.25) is 4.79 Å². The normalized spacial score (nSPS) is 18.0. The van der Waals surface area contributed by atoms with Crippen LogP contribution in [0.25, 0.3) is 5.69 Å². The number of carbonyl (C=O) groups excluding carboxylic acids is 1. The highest BCUT2D eigenvalue weighted by molar-refractivity contribution is 5.95. The average Bonchev–Trinajstić information content (AvgIpc) is 3.02. The molecule has 3 rings (SSSR count). The van der Waals surface area contributed by atoms with Gasteiger partial charge in [-0.05, 0) is 57.5 Å². The molecule has 1 amide bonds. The lowest BCUT2D eigenvalue weighted by Gasteiger charge is -2.32. The van der Waals surface area contributed by atoms with Gasteiger partial charge in [0.05, 0.1) is 28.7 Å². The number of benzene rings is 1. The number of nitrogens with one attached hydrogen (secondary N) is 1. The Kier molecular flexibility index (Phi) is 5.55. The zero-order valence-corrected chi connectivity index (χ0v) is 15.4. The van der Waals surface area contributed by atoms with E-state index in [1.807, 2.05) is 11.9 Å². The van der Waals surface area contributed by atoms with Crippen molar-refractivity contribution in [3.8, 4) is 5.69 Å². The van der Waals surface area contributed by atoms with Crippen molar-refractivity contribution in [2.24, 2.45) is 5.92 Å². The van der Waals surface area contributed by atoms with E-state index in [1.165, 1.54) is 16.9 Å². The van der Waals surface area contributed by atoms with Gasteiger partial charge in [-0.1, -0.05) is 6.07 Å². The van der Waals surface area contributed by atoms with E-state index < -0.39 is 11.7 Å². The number of alkyl halides is 3. The average molecular weight is 380 g/mol. The molecule has 1 saturated heterocycles. The van der Waals surface area contributed by atoms with E-state index in [4.69, 9.17) is 0 Å². The van der Waals surface area contributed by atoms with Crippen molar-refractivity contribution in [3.05, 3.63) is 47.3 Å². The summed E-state index contributed by atoms with van der Waals surface area (Å²) in [5.41, 5.74) is 0.509. The Hall–Kier alpha value is -2.35. The zero-order chi connectivity index (χ0) is 19.6. The number of aromatic nitrogens is 2. The minimum Gasteiger partial charge on any atom is -0.338 e. The van der Waals surface area contributed by atoms with E-state index in [-0.39, 0.29) is 11.6 Å². The number of hydrogen-bond donors (Lipinski definition) is 1. The third-order valence-corrected chi connectivity index (χ3v) is 4.96. The summed E-state index contributed by atoms with van der Waals surface area (Å²) in [7, 11) is 1.89. The quantitative estimate of drug-likeness (QED) is 0.886. The zero-order valence-electron chi connectivity index (χ0n) is 15.4. The Balaban J connectivity index is 1.84. The van der Waals surface area contributed by atoms with Crippen molar-refractivity contribution in [3.63, 3.8) is 0 Å². The van der Waals surface area contributed by atoms with Gasteiger partial charge in [0.15, 0.2) is 0 Å². The molecule has 0 radical (unpaired) electrons. The third kappa shape index (κ3) is 4.16. The van der Waals surface area contributed by atoms with E-state index in [1.54, 1.807) is 13.0 Å². The largest absolute Gasteiger partial charge is 0.416 e. The van der Waals surface area contributed by atoms with Crippen LogP contribution in [0.5, 0.6) is 0 Å². The maximum absolute atomic E-state index is 13.0. The van der Waals surface area contributed by atoms with Gasteiger partial charge < -0.3 is 10.2 Å². The minimum atomic E-state index is -4.42. The number of likely N-dealkylation sites (tertiary alicyclic amines) is 1. The fourth-order valence-corrected chi connectivity index (χ4v) is 3.57. The molecule has 2 heterocycles. The van der Waals surface area contributed by atoms with Crippen molar-refractivity contribution < 1.29 is 18.0 Å². The predicted octanol–water partition coefficient (Wildman–Crippen LogP) is 3.27. The number of carbonyl (C=O) groups is 1. The molecule has 27 heavy (non-hydrogen) atoms. The first kappa shape index (κ1) is 19.4. The molecular weight excluding hydrogens is 357 g/mol. The second-order valence-electron chi connectivity index (χ2n) is 6.92. The van der Waals surface area contributed by atoms with Crippen LogP contribution in [0.2, 0.25) is 0 Å². The van der Waals surface area contributed by atoms with Crippen LogP contribution >= 0.6 is 0 Å². The fraction of sp³-hybridized carbons (Fsp3) is 0.474. The first-order valence-corrected chi connectivity index (χ1v) is 8.97. The standard InChI is InChI=1S/C19H23F3N4O/c1-13-17(18(27)25-8-4-5-14(12-25)10-23-2)11-24-26(13)16-7-3-6-15(9-16)19(20,21)22/h3,6-7,9,11,14,23H,4-5,8,10,12H2,1-2H3. The number of halogens is 3. The molecule has 1 N–H and O–H groups in total. The Labute approximate surface area is 156 Å². The van der Waals surface area contributed by atoms with E-state index in [0.717, 1.165) is 31.5 Å². The van der Waals surface area contributed by atoms with Crippen molar-refractivity contribution >= 4 is 5.91 Å². The Bertz CT molecular complexity index is 814. The second kappa shape index (κ2) is 7.72. The van der Waals surface area contributed by atoms with Crippen LogP contribution < -0.4 is 5.32 Å². The lowest BCUT2D eigenvalue weighted by molar-refractivity contribution is -0.137. The molecule has 0 aliphatic carbocycles. The summed E-state index contributed by atoms with van der Waals surface area (Å²) in [4.78, 5) is 14.7. The predicted molar refractivity (Wildman–Crippen MR) is 95.9 cm³/mol. The highest BCUT2D eigenvalue weighted by atomic mass is 19.4. The molecule has 0 bridgehead atoms. The van der Waals surface area contributed by atoms with Crippen LogP contribution in [-0.2, 0) is 6.18 Å². The van der Waals surface area contributed by atoms with E-state index >= 15 is 0 Å². The lowest BCUT2D eigenvalue weighted by atomic mass is 9.97. The van der Waals surface area contributed by atoms with E-state index in [0.29, 0.717) is 30.3 Å². The molecule has 146 valence electrons. The smallest absolute Gasteiger partial charge is 0.338 e. The number of rotatable bonds is 4. The Morgan fingerprint density at radius 3 is 2.85 bits per heavy atom. The van der Waals surface area contributed by atoms with Crippen LogP contribution in [-0.4, -0.2) is 47.3 Å². The van der Waals surface area contributed by atoms with Gasteiger partial charge in [0.25, 0.3) is 5.91 Å². The molecule has 1 unspecified atom stereocenters. The van der Waals surface area contributed by atoms with Crippen LogP contribution in [0.15, 0.2) is 30.5 Å². The van der Waals surface area contributed by atoms with Gasteiger partial charge in [0.2, 0.25) is 0 Å². The molecule has 1 fully saturated rings. The molecule has 1 aromatic heterocycles. The fourth-order valence-electron chi connectivity index (χ4n) is 3.57. The SMILES string of the molecule is CNCC1CCCN(C(=O)c2cnn(-c3cccc(C(F)(F)F)c3)c2C)C1. The molecule has 1 aromatic carbocycles. The lowest BCUT2D eigenvalue weighted by Crippen LogP contribution is -2.42. The molecule has 1 aliphatic heterocycles. The first-order valence-electron chi connectivity index (χ1n) is 8.97. The molecule has 2 aromatic rings. The molecular formula is C19H23F3N4O. The van der Waals surface area contributed by atoms with Crippen molar-refractivity contribution in [2.75, 3.05) is 26.7 Å². The maximum Gasteiger partial charge on any atom is 0.416 e. The molecule has 8 heteroatoms. The van der Waals surface area contributed by atoms with Gasteiger partial charge >= 0.3 is 6.18 Å². The molecule has 5 nitrogen and oxygen atoms in total. The van der Waals surface area contributed by atoms with Crippen LogP contribution in [0, 0.1) is 12.8 Å². The van der Waals surface area contributed by atoms with Gasteiger partial charge in [-0.15, -0.1) is 0 Å².